The van der Waals surface area contributed by atoms with Gasteiger partial charge in [-0.05, 0) is 24.6 Å². The lowest BCUT2D eigenvalue weighted by Crippen LogP contribution is -1.99. The summed E-state index contributed by atoms with van der Waals surface area (Å²) < 4.78 is 5.28. The Balaban J connectivity index is 2.05. The Kier molecular flexibility index (Phi) is 4.24. The molecule has 4 nitrogen and oxygen atoms in total. The molecule has 0 bridgehead atoms. The number of fused-ring (bicyclic) bond motifs is 1. The van der Waals surface area contributed by atoms with Crippen LogP contribution in [0.3, 0.4) is 0 Å². The fraction of sp³-hybridized carbons (Fsp3) is 0.294. The SMILES string of the molecule is CCc1nc(Nc2cccc(OC)c2)c2cc(CC)sc2n1. The molecular formula is C17H19N3OS. The van der Waals surface area contributed by atoms with Gasteiger partial charge in [0.05, 0.1) is 12.5 Å². The van der Waals surface area contributed by atoms with Crippen molar-refractivity contribution in [1.82, 2.24) is 9.97 Å². The molecule has 0 aliphatic heterocycles. The van der Waals surface area contributed by atoms with Crippen molar-refractivity contribution in [3.8, 4) is 5.75 Å². The van der Waals surface area contributed by atoms with Crippen LogP contribution >= 0.6 is 11.3 Å². The maximum absolute atomic E-state index is 5.28. The van der Waals surface area contributed by atoms with Crippen molar-refractivity contribution < 1.29 is 4.74 Å². The number of hydrogen-bond donors (Lipinski definition) is 1. The Morgan fingerprint density at radius 2 is 2.00 bits per heavy atom. The van der Waals surface area contributed by atoms with Gasteiger partial charge in [0.25, 0.3) is 0 Å². The van der Waals surface area contributed by atoms with Gasteiger partial charge >= 0.3 is 0 Å². The fourth-order valence-corrected chi connectivity index (χ4v) is 3.27. The van der Waals surface area contributed by atoms with Crippen molar-refractivity contribution in [1.29, 1.82) is 0 Å². The molecule has 1 N–H and O–H groups in total. The molecule has 114 valence electrons. The van der Waals surface area contributed by atoms with Gasteiger partial charge in [0.2, 0.25) is 0 Å². The van der Waals surface area contributed by atoms with E-state index in [9.17, 15) is 0 Å². The van der Waals surface area contributed by atoms with E-state index in [0.29, 0.717) is 0 Å². The highest BCUT2D eigenvalue weighted by Gasteiger charge is 2.11. The molecule has 0 unspecified atom stereocenters. The molecule has 0 saturated heterocycles. The maximum atomic E-state index is 5.28. The number of anilines is 2. The standard InChI is InChI=1S/C17H19N3OS/c1-4-13-10-14-16(19-15(5-2)20-17(14)22-13)18-11-7-6-8-12(9-11)21-3/h6-10H,4-5H2,1-3H3,(H,18,19,20). The highest BCUT2D eigenvalue weighted by molar-refractivity contribution is 7.18. The van der Waals surface area contributed by atoms with Crippen LogP contribution in [0.5, 0.6) is 5.75 Å². The lowest BCUT2D eigenvalue weighted by Gasteiger charge is -2.09. The molecule has 3 rings (SSSR count). The maximum Gasteiger partial charge on any atom is 0.142 e. The topological polar surface area (TPSA) is 47.0 Å². The minimum absolute atomic E-state index is 0.822. The minimum Gasteiger partial charge on any atom is -0.497 e. The molecule has 0 fully saturated rings. The fourth-order valence-electron chi connectivity index (χ4n) is 2.28. The summed E-state index contributed by atoms with van der Waals surface area (Å²) in [6.45, 7) is 4.23. The van der Waals surface area contributed by atoms with E-state index in [1.807, 2.05) is 24.3 Å². The summed E-state index contributed by atoms with van der Waals surface area (Å²) in [5.74, 6) is 2.55. The molecule has 0 amide bonds. The molecule has 0 spiro atoms. The highest BCUT2D eigenvalue weighted by atomic mass is 32.1. The van der Waals surface area contributed by atoms with Crippen LogP contribution in [0.25, 0.3) is 10.2 Å². The van der Waals surface area contributed by atoms with Crippen molar-refractivity contribution in [2.75, 3.05) is 12.4 Å². The highest BCUT2D eigenvalue weighted by Crippen LogP contribution is 2.31. The van der Waals surface area contributed by atoms with Crippen LogP contribution in [-0.2, 0) is 12.8 Å². The number of thiophene rings is 1. The van der Waals surface area contributed by atoms with Crippen LogP contribution in [0, 0.1) is 0 Å². The number of benzene rings is 1. The second kappa shape index (κ2) is 6.32. The zero-order chi connectivity index (χ0) is 15.5. The smallest absolute Gasteiger partial charge is 0.142 e. The van der Waals surface area contributed by atoms with Gasteiger partial charge in [-0.15, -0.1) is 11.3 Å². The number of methoxy groups -OCH3 is 1. The van der Waals surface area contributed by atoms with Crippen LogP contribution < -0.4 is 10.1 Å². The predicted octanol–water partition coefficient (Wildman–Crippen LogP) is 4.57. The number of aromatic nitrogens is 2. The average Bonchev–Trinajstić information content (AvgIpc) is 2.98. The van der Waals surface area contributed by atoms with Gasteiger partial charge in [0.1, 0.15) is 22.2 Å². The van der Waals surface area contributed by atoms with E-state index in [0.717, 1.165) is 46.1 Å². The second-order valence-corrected chi connectivity index (χ2v) is 6.10. The number of hydrogen-bond acceptors (Lipinski definition) is 5. The second-order valence-electron chi connectivity index (χ2n) is 4.98. The van der Waals surface area contributed by atoms with Crippen molar-refractivity contribution in [2.45, 2.75) is 26.7 Å². The molecule has 5 heteroatoms. The molecule has 0 aliphatic carbocycles. The average molecular weight is 313 g/mol. The summed E-state index contributed by atoms with van der Waals surface area (Å²) in [7, 11) is 1.67. The van der Waals surface area contributed by atoms with Crippen LogP contribution in [0.15, 0.2) is 30.3 Å². The third-order valence-electron chi connectivity index (χ3n) is 3.49. The monoisotopic (exact) mass is 313 g/mol. The van der Waals surface area contributed by atoms with E-state index in [4.69, 9.17) is 4.74 Å². The zero-order valence-corrected chi connectivity index (χ0v) is 13.8. The third kappa shape index (κ3) is 2.90. The van der Waals surface area contributed by atoms with E-state index in [-0.39, 0.29) is 0 Å². The van der Waals surface area contributed by atoms with Gasteiger partial charge < -0.3 is 10.1 Å². The molecule has 2 aromatic heterocycles. The van der Waals surface area contributed by atoms with Crippen LogP contribution in [0.4, 0.5) is 11.5 Å². The Morgan fingerprint density at radius 1 is 1.14 bits per heavy atom. The Hall–Kier alpha value is -2.14. The molecule has 0 aliphatic rings. The number of nitrogens with one attached hydrogen (secondary N) is 1. The minimum atomic E-state index is 0.822. The molecule has 0 atom stereocenters. The molecule has 1 aromatic carbocycles. The molecule has 22 heavy (non-hydrogen) atoms. The first kappa shape index (κ1) is 14.8. The van der Waals surface area contributed by atoms with Gasteiger partial charge in [-0.25, -0.2) is 9.97 Å². The van der Waals surface area contributed by atoms with Gasteiger partial charge in [0, 0.05) is 23.1 Å². The third-order valence-corrected chi connectivity index (χ3v) is 4.66. The van der Waals surface area contributed by atoms with E-state index in [1.165, 1.54) is 4.88 Å². The van der Waals surface area contributed by atoms with Crippen LogP contribution in [-0.4, -0.2) is 17.1 Å². The lowest BCUT2D eigenvalue weighted by molar-refractivity contribution is 0.415. The number of ether oxygens (including phenoxy) is 1. The largest absolute Gasteiger partial charge is 0.497 e. The lowest BCUT2D eigenvalue weighted by atomic mass is 10.2. The summed E-state index contributed by atoms with van der Waals surface area (Å²) in [5, 5.41) is 4.49. The van der Waals surface area contributed by atoms with Crippen LogP contribution in [0.2, 0.25) is 0 Å². The summed E-state index contributed by atoms with van der Waals surface area (Å²) in [5.41, 5.74) is 0.964. The van der Waals surface area contributed by atoms with Crippen molar-refractivity contribution in [3.63, 3.8) is 0 Å². The number of nitrogens with zero attached hydrogens (tertiary/aromatic N) is 2. The van der Waals surface area contributed by atoms with Crippen molar-refractivity contribution in [3.05, 3.63) is 41.0 Å². The zero-order valence-electron chi connectivity index (χ0n) is 13.0. The molecular weight excluding hydrogens is 294 g/mol. The van der Waals surface area contributed by atoms with Crippen LogP contribution in [0.1, 0.15) is 24.5 Å². The predicted molar refractivity (Wildman–Crippen MR) is 92.4 cm³/mol. The first-order valence-electron chi connectivity index (χ1n) is 7.44. The molecule has 3 aromatic rings. The summed E-state index contributed by atoms with van der Waals surface area (Å²) in [4.78, 5) is 11.7. The quantitative estimate of drug-likeness (QED) is 0.749. The summed E-state index contributed by atoms with van der Waals surface area (Å²) in [6, 6.07) is 10.0. The number of rotatable bonds is 5. The van der Waals surface area contributed by atoms with E-state index < -0.39 is 0 Å². The van der Waals surface area contributed by atoms with E-state index in [1.54, 1.807) is 18.4 Å². The Labute approximate surface area is 134 Å². The number of aryl methyl sites for hydroxylation is 2. The van der Waals surface area contributed by atoms with E-state index >= 15 is 0 Å². The van der Waals surface area contributed by atoms with Gasteiger partial charge in [-0.1, -0.05) is 19.9 Å². The van der Waals surface area contributed by atoms with Crippen molar-refractivity contribution in [2.24, 2.45) is 0 Å². The first-order chi connectivity index (χ1) is 10.7. The van der Waals surface area contributed by atoms with Gasteiger partial charge in [0.15, 0.2) is 0 Å². The molecule has 0 radical (unpaired) electrons. The summed E-state index contributed by atoms with van der Waals surface area (Å²) in [6.07, 6.45) is 1.84. The first-order valence-corrected chi connectivity index (χ1v) is 8.25. The Bertz CT molecular complexity index is 798. The normalized spacial score (nSPS) is 10.9. The van der Waals surface area contributed by atoms with Gasteiger partial charge in [-0.2, -0.15) is 0 Å². The molecule has 2 heterocycles. The molecule has 0 saturated carbocycles. The van der Waals surface area contributed by atoms with Gasteiger partial charge in [-0.3, -0.25) is 0 Å². The van der Waals surface area contributed by atoms with Crippen molar-refractivity contribution >= 4 is 33.1 Å². The van der Waals surface area contributed by atoms with E-state index in [2.05, 4.69) is 35.2 Å². The summed E-state index contributed by atoms with van der Waals surface area (Å²) >= 11 is 1.74. The Morgan fingerprint density at radius 3 is 2.73 bits per heavy atom.